The summed E-state index contributed by atoms with van der Waals surface area (Å²) in [6, 6.07) is 6.16. The molecule has 0 bridgehead atoms. The summed E-state index contributed by atoms with van der Waals surface area (Å²) in [7, 11) is 1.67. The molecule has 0 aliphatic carbocycles. The molecule has 136 valence electrons. The van der Waals surface area contributed by atoms with Crippen molar-refractivity contribution < 1.29 is 14.3 Å². The van der Waals surface area contributed by atoms with E-state index in [1.165, 1.54) is 11.1 Å². The van der Waals surface area contributed by atoms with Crippen molar-refractivity contribution in [2.75, 3.05) is 20.3 Å². The van der Waals surface area contributed by atoms with Gasteiger partial charge in [-0.25, -0.2) is 4.98 Å². The van der Waals surface area contributed by atoms with Gasteiger partial charge in [0.2, 0.25) is 5.91 Å². The van der Waals surface area contributed by atoms with Crippen molar-refractivity contribution in [3.63, 3.8) is 0 Å². The molecule has 25 heavy (non-hydrogen) atoms. The summed E-state index contributed by atoms with van der Waals surface area (Å²) in [6.45, 7) is 7.99. The number of aryl methyl sites for hydroxylation is 2. The zero-order chi connectivity index (χ0) is 18.2. The third-order valence-electron chi connectivity index (χ3n) is 3.73. The van der Waals surface area contributed by atoms with Crippen LogP contribution in [0.5, 0.6) is 5.75 Å². The number of hydrogen-bond donors (Lipinski definition) is 0. The van der Waals surface area contributed by atoms with E-state index >= 15 is 0 Å². The zero-order valence-corrected chi connectivity index (χ0v) is 16.2. The molecule has 0 radical (unpaired) electrons. The minimum atomic E-state index is 0.0529. The lowest BCUT2D eigenvalue weighted by Gasteiger charge is -2.19. The van der Waals surface area contributed by atoms with E-state index in [0.717, 1.165) is 22.9 Å². The summed E-state index contributed by atoms with van der Waals surface area (Å²) in [5, 5.41) is 2.90. The molecule has 2 rings (SSSR count). The fraction of sp³-hybridized carbons (Fsp3) is 0.474. The summed E-state index contributed by atoms with van der Waals surface area (Å²) >= 11 is 1.56. The maximum absolute atomic E-state index is 11.8. The first kappa shape index (κ1) is 19.4. The van der Waals surface area contributed by atoms with Crippen molar-refractivity contribution in [1.82, 2.24) is 9.88 Å². The summed E-state index contributed by atoms with van der Waals surface area (Å²) in [5.74, 6) is 0.913. The van der Waals surface area contributed by atoms with Gasteiger partial charge in [0.15, 0.2) is 0 Å². The molecule has 1 aromatic heterocycles. The third kappa shape index (κ3) is 6.48. The molecular formula is C19H26N2O3S. The van der Waals surface area contributed by atoms with Crippen molar-refractivity contribution in [2.45, 2.75) is 40.3 Å². The predicted octanol–water partition coefficient (Wildman–Crippen LogP) is 3.72. The Morgan fingerprint density at radius 2 is 1.96 bits per heavy atom. The average Bonchev–Trinajstić information content (AvgIpc) is 2.99. The maximum atomic E-state index is 11.8. The first-order valence-corrected chi connectivity index (χ1v) is 9.24. The zero-order valence-electron chi connectivity index (χ0n) is 15.4. The number of thiazole rings is 1. The van der Waals surface area contributed by atoms with Crippen molar-refractivity contribution in [2.24, 2.45) is 0 Å². The van der Waals surface area contributed by atoms with Gasteiger partial charge < -0.3 is 14.4 Å². The lowest BCUT2D eigenvalue weighted by molar-refractivity contribution is -0.129. The molecule has 0 unspecified atom stereocenters. The number of carbonyl (C=O) groups is 1. The highest BCUT2D eigenvalue weighted by Gasteiger charge is 2.12. The number of nitrogens with zero attached hydrogens (tertiary/aromatic N) is 2. The van der Waals surface area contributed by atoms with E-state index in [1.807, 2.05) is 17.5 Å². The highest BCUT2D eigenvalue weighted by Crippen LogP contribution is 2.19. The van der Waals surface area contributed by atoms with E-state index in [-0.39, 0.29) is 5.91 Å². The van der Waals surface area contributed by atoms with Gasteiger partial charge in [0.05, 0.1) is 12.2 Å². The molecule has 1 amide bonds. The number of methoxy groups -OCH3 is 1. The number of aromatic nitrogens is 1. The molecule has 5 nitrogen and oxygen atoms in total. The van der Waals surface area contributed by atoms with Crippen LogP contribution in [-0.4, -0.2) is 36.1 Å². The van der Waals surface area contributed by atoms with Crippen LogP contribution in [0.4, 0.5) is 0 Å². The first-order chi connectivity index (χ1) is 12.0. The fourth-order valence-corrected chi connectivity index (χ4v) is 3.29. The average molecular weight is 362 g/mol. The molecule has 0 N–H and O–H groups in total. The second kappa shape index (κ2) is 9.53. The molecule has 2 aromatic rings. The van der Waals surface area contributed by atoms with Gasteiger partial charge in [-0.05, 0) is 43.5 Å². The number of carbonyl (C=O) groups excluding carboxylic acids is 1. The third-order valence-corrected chi connectivity index (χ3v) is 4.60. The standard InChI is InChI=1S/C19H26N2O3S/c1-14-8-15(2)10-18(9-14)24-12-19-20-17(13-25-19)11-21(16(3)22)6-5-7-23-4/h8-10,13H,5-7,11-12H2,1-4H3. The van der Waals surface area contributed by atoms with Gasteiger partial charge in [0.25, 0.3) is 0 Å². The minimum absolute atomic E-state index is 0.0529. The van der Waals surface area contributed by atoms with Crippen LogP contribution < -0.4 is 4.74 Å². The summed E-state index contributed by atoms with van der Waals surface area (Å²) in [5.41, 5.74) is 3.27. The Bertz CT molecular complexity index is 679. The lowest BCUT2D eigenvalue weighted by atomic mass is 10.1. The van der Waals surface area contributed by atoms with Gasteiger partial charge in [0, 0.05) is 32.6 Å². The number of amides is 1. The Morgan fingerprint density at radius 3 is 2.60 bits per heavy atom. The van der Waals surface area contributed by atoms with Crippen LogP contribution in [0.25, 0.3) is 0 Å². The van der Waals surface area contributed by atoms with Crippen LogP contribution in [0.3, 0.4) is 0 Å². The summed E-state index contributed by atoms with van der Waals surface area (Å²) in [4.78, 5) is 18.1. The van der Waals surface area contributed by atoms with Crippen LogP contribution >= 0.6 is 11.3 Å². The number of hydrogen-bond acceptors (Lipinski definition) is 5. The van der Waals surface area contributed by atoms with Crippen LogP contribution in [0.2, 0.25) is 0 Å². The minimum Gasteiger partial charge on any atom is -0.486 e. The molecule has 6 heteroatoms. The van der Waals surface area contributed by atoms with Crippen molar-refractivity contribution >= 4 is 17.2 Å². The molecule has 0 aliphatic rings. The van der Waals surface area contributed by atoms with E-state index < -0.39 is 0 Å². The molecule has 0 aliphatic heterocycles. The Hall–Kier alpha value is -1.92. The Morgan fingerprint density at radius 1 is 1.24 bits per heavy atom. The maximum Gasteiger partial charge on any atom is 0.219 e. The van der Waals surface area contributed by atoms with Crippen molar-refractivity contribution in [1.29, 1.82) is 0 Å². The Kier molecular flexibility index (Phi) is 7.40. The normalized spacial score (nSPS) is 10.7. The second-order valence-electron chi connectivity index (χ2n) is 6.13. The topological polar surface area (TPSA) is 51.7 Å². The Labute approximate surface area is 153 Å². The highest BCUT2D eigenvalue weighted by atomic mass is 32.1. The Balaban J connectivity index is 1.91. The van der Waals surface area contributed by atoms with Crippen molar-refractivity contribution in [3.05, 3.63) is 45.4 Å². The van der Waals surface area contributed by atoms with Crippen LogP contribution in [-0.2, 0) is 22.7 Å². The number of benzene rings is 1. The number of ether oxygens (including phenoxy) is 2. The van der Waals surface area contributed by atoms with Gasteiger partial charge in [-0.2, -0.15) is 0 Å². The van der Waals surface area contributed by atoms with Gasteiger partial charge in [-0.1, -0.05) is 6.07 Å². The molecule has 0 atom stereocenters. The van der Waals surface area contributed by atoms with Gasteiger partial charge >= 0.3 is 0 Å². The monoisotopic (exact) mass is 362 g/mol. The molecular weight excluding hydrogens is 336 g/mol. The van der Waals surface area contributed by atoms with Crippen LogP contribution in [0, 0.1) is 13.8 Å². The smallest absolute Gasteiger partial charge is 0.219 e. The van der Waals surface area contributed by atoms with Crippen LogP contribution in [0.15, 0.2) is 23.6 Å². The van der Waals surface area contributed by atoms with Gasteiger partial charge in [-0.15, -0.1) is 11.3 Å². The summed E-state index contributed by atoms with van der Waals surface area (Å²) in [6.07, 6.45) is 0.822. The SMILES string of the molecule is COCCCN(Cc1csc(COc2cc(C)cc(C)c2)n1)C(C)=O. The van der Waals surface area contributed by atoms with Gasteiger partial charge in [-0.3, -0.25) is 4.79 Å². The van der Waals surface area contributed by atoms with Crippen molar-refractivity contribution in [3.8, 4) is 5.75 Å². The predicted molar refractivity (Wildman–Crippen MR) is 99.9 cm³/mol. The lowest BCUT2D eigenvalue weighted by Crippen LogP contribution is -2.30. The fourth-order valence-electron chi connectivity index (χ4n) is 2.59. The molecule has 1 heterocycles. The first-order valence-electron chi connectivity index (χ1n) is 8.36. The number of rotatable bonds is 9. The largest absolute Gasteiger partial charge is 0.486 e. The quantitative estimate of drug-likeness (QED) is 0.638. The van der Waals surface area contributed by atoms with E-state index in [1.54, 1.807) is 30.3 Å². The molecule has 1 aromatic carbocycles. The van der Waals surface area contributed by atoms with E-state index in [9.17, 15) is 4.79 Å². The van der Waals surface area contributed by atoms with E-state index in [0.29, 0.717) is 26.3 Å². The molecule has 0 saturated heterocycles. The molecule has 0 saturated carbocycles. The molecule has 0 spiro atoms. The second-order valence-corrected chi connectivity index (χ2v) is 7.07. The van der Waals surface area contributed by atoms with Gasteiger partial charge in [0.1, 0.15) is 17.4 Å². The van der Waals surface area contributed by atoms with E-state index in [4.69, 9.17) is 9.47 Å². The highest BCUT2D eigenvalue weighted by molar-refractivity contribution is 7.09. The van der Waals surface area contributed by atoms with E-state index in [2.05, 4.69) is 24.9 Å². The summed E-state index contributed by atoms with van der Waals surface area (Å²) < 4.78 is 10.9. The van der Waals surface area contributed by atoms with Crippen LogP contribution in [0.1, 0.15) is 35.2 Å². The molecule has 0 fully saturated rings.